The van der Waals surface area contributed by atoms with Crippen LogP contribution in [-0.2, 0) is 23.1 Å². The lowest BCUT2D eigenvalue weighted by Gasteiger charge is -2.16. The zero-order valence-electron chi connectivity index (χ0n) is 15.0. The Hall–Kier alpha value is -3.15. The molecule has 1 aromatic heterocycles. The molecule has 0 bridgehead atoms. The van der Waals surface area contributed by atoms with Crippen LogP contribution in [0.2, 0.25) is 0 Å². The lowest BCUT2D eigenvalue weighted by atomic mass is 10.0. The van der Waals surface area contributed by atoms with E-state index in [9.17, 15) is 14.7 Å². The molecule has 0 saturated carbocycles. The maximum atomic E-state index is 12.5. The maximum absolute atomic E-state index is 12.5. The van der Waals surface area contributed by atoms with Crippen LogP contribution in [-0.4, -0.2) is 26.8 Å². The number of para-hydroxylation sites is 1. The highest BCUT2D eigenvalue weighted by Crippen LogP contribution is 2.20. The van der Waals surface area contributed by atoms with E-state index in [4.69, 9.17) is 0 Å². The Kier molecular flexibility index (Phi) is 4.75. The zero-order chi connectivity index (χ0) is 18.8. The third kappa shape index (κ3) is 3.59. The Morgan fingerprint density at radius 3 is 2.46 bits per heavy atom. The van der Waals surface area contributed by atoms with Crippen molar-refractivity contribution in [2.75, 3.05) is 0 Å². The Morgan fingerprint density at radius 2 is 1.81 bits per heavy atom. The Morgan fingerprint density at radius 1 is 1.15 bits per heavy atom. The van der Waals surface area contributed by atoms with Gasteiger partial charge in [0.25, 0.3) is 0 Å². The summed E-state index contributed by atoms with van der Waals surface area (Å²) in [7, 11) is 1.82. The van der Waals surface area contributed by atoms with Gasteiger partial charge >= 0.3 is 5.97 Å². The van der Waals surface area contributed by atoms with Crippen LogP contribution in [0.4, 0.5) is 0 Å². The van der Waals surface area contributed by atoms with Gasteiger partial charge in [-0.15, -0.1) is 0 Å². The van der Waals surface area contributed by atoms with Crippen molar-refractivity contribution in [3.05, 3.63) is 64.8 Å². The Bertz CT molecular complexity index is 971. The van der Waals surface area contributed by atoms with Crippen LogP contribution in [0.25, 0.3) is 10.9 Å². The van der Waals surface area contributed by atoms with Gasteiger partial charge in [-0.3, -0.25) is 9.48 Å². The van der Waals surface area contributed by atoms with Crippen molar-refractivity contribution in [3.8, 4) is 0 Å². The normalized spacial score (nSPS) is 12.1. The summed E-state index contributed by atoms with van der Waals surface area (Å²) in [5.74, 6) is -1.46. The maximum Gasteiger partial charge on any atom is 0.330 e. The number of hydrogen-bond donors (Lipinski definition) is 2. The van der Waals surface area contributed by atoms with Crippen molar-refractivity contribution in [3.63, 3.8) is 0 Å². The first kappa shape index (κ1) is 17.7. The van der Waals surface area contributed by atoms with Crippen LogP contribution in [0.5, 0.6) is 0 Å². The van der Waals surface area contributed by atoms with Gasteiger partial charge in [0.05, 0.1) is 17.6 Å². The third-order valence-corrected chi connectivity index (χ3v) is 4.29. The van der Waals surface area contributed by atoms with Gasteiger partial charge in [0.1, 0.15) is 0 Å². The molecule has 1 atom stereocenters. The number of carbonyl (C=O) groups excluding carboxylic acids is 1. The molecule has 1 amide bonds. The molecule has 0 aliphatic carbocycles. The molecule has 0 spiro atoms. The molecule has 0 aliphatic heterocycles. The average molecular weight is 351 g/mol. The van der Waals surface area contributed by atoms with Gasteiger partial charge in [-0.25, -0.2) is 4.79 Å². The van der Waals surface area contributed by atoms with Crippen LogP contribution < -0.4 is 5.32 Å². The van der Waals surface area contributed by atoms with E-state index in [-0.39, 0.29) is 12.3 Å². The van der Waals surface area contributed by atoms with Gasteiger partial charge in [-0.1, -0.05) is 47.5 Å². The lowest BCUT2D eigenvalue weighted by molar-refractivity contribution is -0.142. The monoisotopic (exact) mass is 351 g/mol. The second kappa shape index (κ2) is 7.00. The molecule has 6 nitrogen and oxygen atoms in total. The summed E-state index contributed by atoms with van der Waals surface area (Å²) >= 11 is 0. The molecule has 1 unspecified atom stereocenters. The predicted molar refractivity (Wildman–Crippen MR) is 98.9 cm³/mol. The number of carbonyl (C=O) groups is 2. The molecule has 2 aromatic carbocycles. The van der Waals surface area contributed by atoms with E-state index in [2.05, 4.69) is 10.4 Å². The number of fused-ring (bicyclic) bond motifs is 1. The smallest absolute Gasteiger partial charge is 0.330 e. The van der Waals surface area contributed by atoms with Crippen molar-refractivity contribution < 1.29 is 14.7 Å². The summed E-state index contributed by atoms with van der Waals surface area (Å²) in [6.45, 7) is 3.80. The number of hydrogen-bond acceptors (Lipinski definition) is 3. The average Bonchev–Trinajstić information content (AvgIpc) is 2.88. The molecular formula is C20H21N3O3. The summed E-state index contributed by atoms with van der Waals surface area (Å²) in [5.41, 5.74) is 4.03. The molecule has 2 N–H and O–H groups in total. The van der Waals surface area contributed by atoms with Crippen molar-refractivity contribution in [2.45, 2.75) is 26.3 Å². The molecule has 134 valence electrons. The summed E-state index contributed by atoms with van der Waals surface area (Å²) in [4.78, 5) is 24.2. The Balaban J connectivity index is 1.83. The molecule has 0 aliphatic rings. The van der Waals surface area contributed by atoms with E-state index in [0.717, 1.165) is 22.0 Å². The first-order valence-electron chi connectivity index (χ1n) is 8.36. The Labute approximate surface area is 151 Å². The molecule has 3 rings (SSSR count). The fourth-order valence-corrected chi connectivity index (χ4v) is 3.25. The standard InChI is InChI=1S/C20H21N3O3/c1-12-8-13(2)10-14(9-12)19(20(25)26)21-18(24)11-16-15-6-4-5-7-17(15)23(3)22-16/h4-10,19H,11H2,1-3H3,(H,21,24)(H,25,26). The van der Waals surface area contributed by atoms with E-state index in [0.29, 0.717) is 11.3 Å². The van der Waals surface area contributed by atoms with E-state index in [1.165, 1.54) is 0 Å². The largest absolute Gasteiger partial charge is 0.479 e. The quantitative estimate of drug-likeness (QED) is 0.740. The number of aryl methyl sites for hydroxylation is 3. The summed E-state index contributed by atoms with van der Waals surface area (Å²) in [6.07, 6.45) is 0.0237. The molecule has 0 saturated heterocycles. The van der Waals surface area contributed by atoms with E-state index >= 15 is 0 Å². The van der Waals surface area contributed by atoms with Crippen molar-refractivity contribution in [2.24, 2.45) is 7.05 Å². The minimum absolute atomic E-state index is 0.0237. The summed E-state index contributed by atoms with van der Waals surface area (Å²) in [5, 5.41) is 17.5. The fraction of sp³-hybridized carbons (Fsp3) is 0.250. The molecule has 3 aromatic rings. The van der Waals surface area contributed by atoms with Gasteiger partial charge in [-0.05, 0) is 25.5 Å². The van der Waals surface area contributed by atoms with E-state index in [1.54, 1.807) is 16.8 Å². The lowest BCUT2D eigenvalue weighted by Crippen LogP contribution is -2.35. The molecule has 1 heterocycles. The number of carboxylic acids is 1. The number of benzene rings is 2. The van der Waals surface area contributed by atoms with Crippen LogP contribution in [0.1, 0.15) is 28.4 Å². The van der Waals surface area contributed by atoms with Gasteiger partial charge < -0.3 is 10.4 Å². The van der Waals surface area contributed by atoms with Gasteiger partial charge in [-0.2, -0.15) is 5.10 Å². The number of nitrogens with zero attached hydrogens (tertiary/aromatic N) is 2. The number of carboxylic acid groups (broad SMARTS) is 1. The van der Waals surface area contributed by atoms with Gasteiger partial charge in [0.2, 0.25) is 5.91 Å². The molecule has 26 heavy (non-hydrogen) atoms. The second-order valence-corrected chi connectivity index (χ2v) is 6.52. The zero-order valence-corrected chi connectivity index (χ0v) is 15.0. The third-order valence-electron chi connectivity index (χ3n) is 4.29. The number of amides is 1. The molecule has 6 heteroatoms. The minimum atomic E-state index is -1.09. The van der Waals surface area contributed by atoms with Gasteiger partial charge in [0.15, 0.2) is 6.04 Å². The fourth-order valence-electron chi connectivity index (χ4n) is 3.25. The van der Waals surface area contributed by atoms with Crippen LogP contribution in [0.3, 0.4) is 0 Å². The number of aliphatic carboxylic acids is 1. The first-order valence-corrected chi connectivity index (χ1v) is 8.36. The number of nitrogens with one attached hydrogen (secondary N) is 1. The topological polar surface area (TPSA) is 84.2 Å². The number of aromatic nitrogens is 2. The van der Waals surface area contributed by atoms with E-state index < -0.39 is 12.0 Å². The first-order chi connectivity index (χ1) is 12.3. The second-order valence-electron chi connectivity index (χ2n) is 6.52. The van der Waals surface area contributed by atoms with Crippen molar-refractivity contribution in [1.82, 2.24) is 15.1 Å². The van der Waals surface area contributed by atoms with Crippen molar-refractivity contribution >= 4 is 22.8 Å². The molecular weight excluding hydrogens is 330 g/mol. The minimum Gasteiger partial charge on any atom is -0.479 e. The highest BCUT2D eigenvalue weighted by molar-refractivity contribution is 5.90. The molecule has 0 fully saturated rings. The van der Waals surface area contributed by atoms with Gasteiger partial charge in [0, 0.05) is 12.4 Å². The van der Waals surface area contributed by atoms with E-state index in [1.807, 2.05) is 51.2 Å². The SMILES string of the molecule is Cc1cc(C)cc(C(NC(=O)Cc2nn(C)c3ccccc23)C(=O)O)c1. The van der Waals surface area contributed by atoms with Crippen LogP contribution in [0.15, 0.2) is 42.5 Å². The van der Waals surface area contributed by atoms with Crippen LogP contribution in [0, 0.1) is 13.8 Å². The molecule has 0 radical (unpaired) electrons. The summed E-state index contributed by atoms with van der Waals surface area (Å²) < 4.78 is 1.72. The summed E-state index contributed by atoms with van der Waals surface area (Å²) in [6, 6.07) is 12.1. The van der Waals surface area contributed by atoms with Crippen LogP contribution >= 0.6 is 0 Å². The van der Waals surface area contributed by atoms with Crippen molar-refractivity contribution in [1.29, 1.82) is 0 Å². The number of rotatable bonds is 5. The predicted octanol–water partition coefficient (Wildman–Crippen LogP) is 2.67. The highest BCUT2D eigenvalue weighted by Gasteiger charge is 2.23. The highest BCUT2D eigenvalue weighted by atomic mass is 16.4.